The van der Waals surface area contributed by atoms with Crippen LogP contribution in [0, 0.1) is 17.1 Å². The maximum atomic E-state index is 13.3. The van der Waals surface area contributed by atoms with E-state index in [0.29, 0.717) is 17.1 Å². The van der Waals surface area contributed by atoms with Crippen LogP contribution < -0.4 is 5.56 Å². The predicted octanol–water partition coefficient (Wildman–Crippen LogP) is 4.21. The molecule has 178 valence electrons. The minimum Gasteiger partial charge on any atom is -0.310 e. The quantitative estimate of drug-likeness (QED) is 0.435. The summed E-state index contributed by atoms with van der Waals surface area (Å²) in [5, 5.41) is 13.7. The molecule has 1 saturated carbocycles. The first-order valence-electron chi connectivity index (χ1n) is 10.7. The highest BCUT2D eigenvalue weighted by atomic mass is 19.4. The zero-order chi connectivity index (χ0) is 24.9. The minimum absolute atomic E-state index is 0.00116. The third-order valence-corrected chi connectivity index (χ3v) is 6.37. The number of alkyl halides is 3. The van der Waals surface area contributed by atoms with E-state index >= 15 is 0 Å². The number of aromatic nitrogens is 6. The number of nitrogens with one attached hydrogen (secondary N) is 1. The molecule has 4 aromatic rings. The third-order valence-electron chi connectivity index (χ3n) is 6.37. The Morgan fingerprint density at radius 2 is 1.91 bits per heavy atom. The van der Waals surface area contributed by atoms with Gasteiger partial charge in [0, 0.05) is 23.7 Å². The number of pyridine rings is 2. The Hall–Kier alpha value is -4.14. The van der Waals surface area contributed by atoms with E-state index in [2.05, 4.69) is 25.0 Å². The van der Waals surface area contributed by atoms with Gasteiger partial charge in [0.15, 0.2) is 11.3 Å². The third kappa shape index (κ3) is 3.92. The molecule has 1 aliphatic rings. The smallest absolute Gasteiger partial charge is 0.310 e. The fraction of sp³-hybridized carbons (Fsp3) is 0.304. The van der Waals surface area contributed by atoms with E-state index < -0.39 is 29.3 Å². The van der Waals surface area contributed by atoms with Crippen LogP contribution in [0.2, 0.25) is 0 Å². The minimum atomic E-state index is -4.57. The first kappa shape index (κ1) is 22.6. The molecule has 4 aromatic heterocycles. The van der Waals surface area contributed by atoms with Crippen molar-refractivity contribution in [2.75, 3.05) is 0 Å². The Morgan fingerprint density at radius 1 is 1.14 bits per heavy atom. The van der Waals surface area contributed by atoms with Gasteiger partial charge in [0.2, 0.25) is 0 Å². The highest BCUT2D eigenvalue weighted by molar-refractivity contribution is 5.80. The van der Waals surface area contributed by atoms with E-state index in [0.717, 1.165) is 31.3 Å². The maximum absolute atomic E-state index is 13.3. The Morgan fingerprint density at radius 3 is 2.49 bits per heavy atom. The van der Waals surface area contributed by atoms with Gasteiger partial charge in [-0.2, -0.15) is 23.5 Å². The van der Waals surface area contributed by atoms with Crippen molar-refractivity contribution in [2.24, 2.45) is 0 Å². The van der Waals surface area contributed by atoms with Crippen LogP contribution in [0.5, 0.6) is 0 Å². The Labute approximate surface area is 195 Å². The maximum Gasteiger partial charge on any atom is 0.433 e. The Bertz CT molecular complexity index is 1500. The number of halogens is 4. The standard InChI is InChI=1S/C23H17F4N7O/c1-11(12-2-7-18(30-9-12)23(25,26)27)34-21-19(17(8-28)33-34)22(35)32-20(31-21)15-5-4-14(15)16-6-3-13(24)10-29-16/h2-3,6-7,9-11,14-15H,4-5H2,1H3,(H,31,32,35)/t11-,14-,15-/m1/s1. The molecule has 0 aliphatic heterocycles. The summed E-state index contributed by atoms with van der Waals surface area (Å²) < 4.78 is 53.3. The average molecular weight is 483 g/mol. The molecule has 35 heavy (non-hydrogen) atoms. The number of aromatic amines is 1. The largest absolute Gasteiger partial charge is 0.433 e. The average Bonchev–Trinajstić information content (AvgIpc) is 3.18. The summed E-state index contributed by atoms with van der Waals surface area (Å²) in [6, 6.07) is 6.28. The van der Waals surface area contributed by atoms with Crippen molar-refractivity contribution in [3.05, 3.63) is 81.3 Å². The van der Waals surface area contributed by atoms with Gasteiger partial charge in [0.1, 0.15) is 28.8 Å². The van der Waals surface area contributed by atoms with Crippen LogP contribution in [0.15, 0.2) is 41.5 Å². The molecule has 1 N–H and O–H groups in total. The highest BCUT2D eigenvalue weighted by Gasteiger charge is 2.37. The molecule has 3 atom stereocenters. The van der Waals surface area contributed by atoms with Gasteiger partial charge in [-0.25, -0.2) is 14.1 Å². The zero-order valence-electron chi connectivity index (χ0n) is 18.2. The van der Waals surface area contributed by atoms with Crippen LogP contribution in [0.4, 0.5) is 17.6 Å². The van der Waals surface area contributed by atoms with Crippen molar-refractivity contribution in [3.63, 3.8) is 0 Å². The van der Waals surface area contributed by atoms with Crippen molar-refractivity contribution in [2.45, 2.75) is 43.8 Å². The number of H-pyrrole nitrogens is 1. The van der Waals surface area contributed by atoms with Gasteiger partial charge in [-0.15, -0.1) is 0 Å². The number of fused-ring (bicyclic) bond motifs is 1. The summed E-state index contributed by atoms with van der Waals surface area (Å²) >= 11 is 0. The van der Waals surface area contributed by atoms with Gasteiger partial charge in [-0.05, 0) is 43.5 Å². The molecule has 0 amide bonds. The highest BCUT2D eigenvalue weighted by Crippen LogP contribution is 2.47. The van der Waals surface area contributed by atoms with E-state index in [1.165, 1.54) is 16.8 Å². The Kier molecular flexibility index (Phi) is 5.35. The van der Waals surface area contributed by atoms with Gasteiger partial charge in [0.25, 0.3) is 5.56 Å². The molecule has 0 unspecified atom stereocenters. The molecule has 5 rings (SSSR count). The van der Waals surface area contributed by atoms with Crippen molar-refractivity contribution in [3.8, 4) is 6.07 Å². The van der Waals surface area contributed by atoms with Gasteiger partial charge < -0.3 is 4.98 Å². The Balaban J connectivity index is 1.56. The van der Waals surface area contributed by atoms with Crippen LogP contribution in [-0.2, 0) is 6.18 Å². The normalized spacial score (nSPS) is 18.7. The summed E-state index contributed by atoms with van der Waals surface area (Å²) in [6.07, 6.45) is -0.852. The van der Waals surface area contributed by atoms with E-state index in [1.807, 2.05) is 6.07 Å². The van der Waals surface area contributed by atoms with E-state index in [9.17, 15) is 27.6 Å². The molecule has 0 saturated heterocycles. The summed E-state index contributed by atoms with van der Waals surface area (Å²) in [4.78, 5) is 27.9. The van der Waals surface area contributed by atoms with E-state index in [4.69, 9.17) is 0 Å². The van der Waals surface area contributed by atoms with Crippen LogP contribution in [0.1, 0.15) is 66.1 Å². The second-order valence-electron chi connectivity index (χ2n) is 8.40. The SMILES string of the molecule is C[C@H](c1ccc(C(F)(F)F)nc1)n1nc(C#N)c2c(=O)[nH]c([C@@H]3CC[C@H]3c3ccc(F)cn3)nc21. The summed E-state index contributed by atoms with van der Waals surface area (Å²) in [5.74, 6) is -0.313. The van der Waals surface area contributed by atoms with Gasteiger partial charge in [0.05, 0.1) is 12.2 Å². The van der Waals surface area contributed by atoms with Crippen molar-refractivity contribution in [1.82, 2.24) is 29.7 Å². The van der Waals surface area contributed by atoms with Crippen molar-refractivity contribution >= 4 is 11.0 Å². The molecule has 12 heteroatoms. The zero-order valence-corrected chi connectivity index (χ0v) is 18.2. The molecular weight excluding hydrogens is 466 g/mol. The molecule has 0 radical (unpaired) electrons. The summed E-state index contributed by atoms with van der Waals surface area (Å²) in [5.41, 5.74) is -0.488. The second-order valence-corrected chi connectivity index (χ2v) is 8.40. The molecule has 1 aliphatic carbocycles. The van der Waals surface area contributed by atoms with Crippen LogP contribution >= 0.6 is 0 Å². The molecular formula is C23H17F4N7O. The van der Waals surface area contributed by atoms with Crippen LogP contribution in [0.3, 0.4) is 0 Å². The summed E-state index contributed by atoms with van der Waals surface area (Å²) in [6.45, 7) is 1.66. The lowest BCUT2D eigenvalue weighted by atomic mass is 9.71. The van der Waals surface area contributed by atoms with Crippen LogP contribution in [0.25, 0.3) is 11.0 Å². The lowest BCUT2D eigenvalue weighted by molar-refractivity contribution is -0.141. The lowest BCUT2D eigenvalue weighted by Gasteiger charge is -2.35. The first-order valence-corrected chi connectivity index (χ1v) is 10.7. The van der Waals surface area contributed by atoms with Crippen LogP contribution in [-0.4, -0.2) is 29.7 Å². The number of hydrogen-bond acceptors (Lipinski definition) is 6. The van der Waals surface area contributed by atoms with E-state index in [1.54, 1.807) is 13.0 Å². The molecule has 8 nitrogen and oxygen atoms in total. The number of hydrogen-bond donors (Lipinski definition) is 1. The molecule has 1 fully saturated rings. The molecule has 0 spiro atoms. The molecule has 4 heterocycles. The number of nitrogens with zero attached hydrogens (tertiary/aromatic N) is 6. The van der Waals surface area contributed by atoms with E-state index in [-0.39, 0.29) is 28.6 Å². The van der Waals surface area contributed by atoms with Gasteiger partial charge in [-0.1, -0.05) is 6.07 Å². The predicted molar refractivity (Wildman–Crippen MR) is 115 cm³/mol. The number of nitriles is 1. The topological polar surface area (TPSA) is 113 Å². The second kappa shape index (κ2) is 8.26. The van der Waals surface area contributed by atoms with Crippen molar-refractivity contribution in [1.29, 1.82) is 5.26 Å². The first-order chi connectivity index (χ1) is 16.7. The molecule has 0 bridgehead atoms. The lowest BCUT2D eigenvalue weighted by Crippen LogP contribution is -2.27. The van der Waals surface area contributed by atoms with Crippen molar-refractivity contribution < 1.29 is 17.6 Å². The summed E-state index contributed by atoms with van der Waals surface area (Å²) in [7, 11) is 0. The number of rotatable bonds is 4. The fourth-order valence-corrected chi connectivity index (χ4v) is 4.34. The van der Waals surface area contributed by atoms with Gasteiger partial charge >= 0.3 is 6.18 Å². The molecule has 0 aromatic carbocycles. The van der Waals surface area contributed by atoms with Gasteiger partial charge in [-0.3, -0.25) is 14.8 Å². The fourth-order valence-electron chi connectivity index (χ4n) is 4.34. The monoisotopic (exact) mass is 483 g/mol.